The third-order valence-corrected chi connectivity index (χ3v) is 6.76. The normalized spacial score (nSPS) is 17.9. The van der Waals surface area contributed by atoms with E-state index in [-0.39, 0.29) is 28.4 Å². The highest BCUT2D eigenvalue weighted by molar-refractivity contribution is 6.31. The number of aliphatic hydroxyl groups is 1. The van der Waals surface area contributed by atoms with E-state index in [0.717, 1.165) is 0 Å². The summed E-state index contributed by atoms with van der Waals surface area (Å²) in [6.45, 7) is -0.0914. The number of nitrogens with zero attached hydrogens (tertiary/aromatic N) is 4. The second-order valence-corrected chi connectivity index (χ2v) is 9.04. The zero-order valence-corrected chi connectivity index (χ0v) is 19.6. The monoisotopic (exact) mass is 522 g/mol. The number of hydrogen-bond donors (Lipinski definition) is 3. The largest absolute Gasteiger partial charge is 0.386 e. The van der Waals surface area contributed by atoms with Crippen molar-refractivity contribution < 1.29 is 23.5 Å². The minimum Gasteiger partial charge on any atom is -0.386 e. The second kappa shape index (κ2) is 8.64. The molecule has 186 valence electrons. The Morgan fingerprint density at radius 2 is 1.86 bits per heavy atom. The number of carbonyl (C=O) groups is 2. The van der Waals surface area contributed by atoms with Gasteiger partial charge in [-0.05, 0) is 48.5 Å². The van der Waals surface area contributed by atoms with Gasteiger partial charge in [-0.25, -0.2) is 18.3 Å². The van der Waals surface area contributed by atoms with E-state index in [4.69, 9.17) is 11.6 Å². The first-order valence-corrected chi connectivity index (χ1v) is 11.5. The van der Waals surface area contributed by atoms with E-state index in [1.54, 1.807) is 18.3 Å². The predicted molar refractivity (Wildman–Crippen MR) is 130 cm³/mol. The van der Waals surface area contributed by atoms with Crippen molar-refractivity contribution in [1.29, 1.82) is 0 Å². The molecule has 0 aliphatic carbocycles. The number of aromatic nitrogens is 3. The number of aliphatic hydroxyl groups excluding tert-OH is 1. The fourth-order valence-corrected chi connectivity index (χ4v) is 4.98. The number of hydrogen-bond acceptors (Lipinski definition) is 5. The first-order valence-electron chi connectivity index (χ1n) is 11.2. The Morgan fingerprint density at radius 1 is 1.11 bits per heavy atom. The summed E-state index contributed by atoms with van der Waals surface area (Å²) in [5, 5.41) is 24.0. The average Bonchev–Trinajstić information content (AvgIpc) is 3.60. The van der Waals surface area contributed by atoms with Crippen molar-refractivity contribution in [3.63, 3.8) is 0 Å². The Hall–Kier alpha value is -4.35. The smallest absolute Gasteiger partial charge is 0.326 e. The third kappa shape index (κ3) is 3.88. The molecule has 2 aliphatic heterocycles. The fraction of sp³-hybridized carbons (Fsp3) is 0.120. The van der Waals surface area contributed by atoms with E-state index in [2.05, 4.69) is 20.9 Å². The molecule has 3 heterocycles. The number of nitrogens with one attached hydrogen (secondary N) is 2. The molecular weight excluding hydrogens is 506 g/mol. The number of anilines is 2. The molecule has 6 rings (SSSR count). The molecule has 3 N–H and O–H groups in total. The first-order chi connectivity index (χ1) is 17.8. The van der Waals surface area contributed by atoms with Gasteiger partial charge < -0.3 is 15.7 Å². The SMILES string of the molecule is O=C1N[C@H](c2cc(F)ccc2Cl)c2c(NC(=O)N3C[C@H](O)c4cc(F)ccc43)cc(-n3ccnn3)cc21. The second-order valence-electron chi connectivity index (χ2n) is 8.63. The van der Waals surface area contributed by atoms with Crippen LogP contribution in [0.3, 0.4) is 0 Å². The average molecular weight is 523 g/mol. The van der Waals surface area contributed by atoms with E-state index < -0.39 is 35.7 Å². The zero-order chi connectivity index (χ0) is 25.8. The predicted octanol–water partition coefficient (Wildman–Crippen LogP) is 4.12. The van der Waals surface area contributed by atoms with Crippen LogP contribution >= 0.6 is 11.6 Å². The topological polar surface area (TPSA) is 112 Å². The maximum absolute atomic E-state index is 14.1. The lowest BCUT2D eigenvalue weighted by Gasteiger charge is -2.22. The molecule has 0 radical (unpaired) electrons. The molecule has 9 nitrogen and oxygen atoms in total. The number of benzene rings is 3. The Balaban J connectivity index is 1.46. The highest BCUT2D eigenvalue weighted by atomic mass is 35.5. The highest BCUT2D eigenvalue weighted by Crippen LogP contribution is 2.41. The Kier molecular flexibility index (Phi) is 5.39. The van der Waals surface area contributed by atoms with Crippen molar-refractivity contribution in [2.75, 3.05) is 16.8 Å². The van der Waals surface area contributed by atoms with Gasteiger partial charge in [-0.15, -0.1) is 5.10 Å². The molecule has 3 amide bonds. The summed E-state index contributed by atoms with van der Waals surface area (Å²) < 4.78 is 29.3. The van der Waals surface area contributed by atoms with Gasteiger partial charge in [0.15, 0.2) is 0 Å². The molecule has 0 saturated carbocycles. The van der Waals surface area contributed by atoms with Crippen LogP contribution in [0, 0.1) is 11.6 Å². The lowest BCUT2D eigenvalue weighted by atomic mass is 9.95. The van der Waals surface area contributed by atoms with Gasteiger partial charge in [0.1, 0.15) is 11.6 Å². The zero-order valence-electron chi connectivity index (χ0n) is 18.8. The summed E-state index contributed by atoms with van der Waals surface area (Å²) in [7, 11) is 0. The highest BCUT2D eigenvalue weighted by Gasteiger charge is 2.37. The van der Waals surface area contributed by atoms with Crippen LogP contribution in [0.25, 0.3) is 5.69 Å². The molecule has 1 aromatic heterocycles. The molecule has 3 aromatic carbocycles. The van der Waals surface area contributed by atoms with Gasteiger partial charge in [0, 0.05) is 27.3 Å². The van der Waals surface area contributed by atoms with Gasteiger partial charge in [-0.2, -0.15) is 0 Å². The summed E-state index contributed by atoms with van der Waals surface area (Å²) in [6, 6.07) is 9.33. The van der Waals surface area contributed by atoms with E-state index in [1.807, 2.05) is 0 Å². The number of halogens is 3. The summed E-state index contributed by atoms with van der Waals surface area (Å²) in [5.41, 5.74) is 2.26. The van der Waals surface area contributed by atoms with Gasteiger partial charge >= 0.3 is 6.03 Å². The number of urea groups is 1. The molecule has 0 unspecified atom stereocenters. The minimum absolute atomic E-state index is 0.0914. The minimum atomic E-state index is -1.06. The Bertz CT molecular complexity index is 1580. The van der Waals surface area contributed by atoms with E-state index in [1.165, 1.54) is 52.2 Å². The van der Waals surface area contributed by atoms with E-state index in [9.17, 15) is 23.5 Å². The number of rotatable bonds is 3. The molecule has 4 aromatic rings. The lowest BCUT2D eigenvalue weighted by molar-refractivity contribution is 0.0960. The maximum atomic E-state index is 14.1. The van der Waals surface area contributed by atoms with Gasteiger partial charge in [0.25, 0.3) is 5.91 Å². The molecule has 2 aliphatic rings. The van der Waals surface area contributed by atoms with Crippen molar-refractivity contribution in [3.05, 3.63) is 99.8 Å². The molecule has 37 heavy (non-hydrogen) atoms. The van der Waals surface area contributed by atoms with Crippen LogP contribution in [0.5, 0.6) is 0 Å². The quantitative estimate of drug-likeness (QED) is 0.375. The maximum Gasteiger partial charge on any atom is 0.326 e. The molecule has 12 heteroatoms. The number of carbonyl (C=O) groups excluding carboxylic acids is 2. The summed E-state index contributed by atoms with van der Waals surface area (Å²) in [4.78, 5) is 27.7. The third-order valence-electron chi connectivity index (χ3n) is 6.41. The summed E-state index contributed by atoms with van der Waals surface area (Å²) in [6.07, 6.45) is 1.97. The Morgan fingerprint density at radius 3 is 2.62 bits per heavy atom. The molecule has 0 bridgehead atoms. The Labute approximate surface area is 213 Å². The number of β-amino-alcohol motifs (C(OH)–C–C–N with tert-alkyl or cyclic N) is 1. The van der Waals surface area contributed by atoms with Crippen molar-refractivity contribution in [3.8, 4) is 5.69 Å². The standard InChI is InChI=1S/C25H17ClF2N6O3/c26-18-3-1-12(27)7-15(18)23-22-17(24(36)31-23)9-14(34-6-5-29-32-34)10-19(22)30-25(37)33-11-21(35)16-8-13(28)2-4-20(16)33/h1-10,21,23,35H,11H2,(H,30,37)(H,31,36)/t21-,23+/m0/s1. The van der Waals surface area contributed by atoms with Gasteiger partial charge in [-0.3, -0.25) is 9.69 Å². The van der Waals surface area contributed by atoms with Crippen LogP contribution in [0.4, 0.5) is 25.0 Å². The fourth-order valence-electron chi connectivity index (χ4n) is 4.75. The van der Waals surface area contributed by atoms with Gasteiger partial charge in [0.05, 0.1) is 48.1 Å². The lowest BCUT2D eigenvalue weighted by Crippen LogP contribution is -2.34. The van der Waals surface area contributed by atoms with E-state index >= 15 is 0 Å². The number of amides is 3. The van der Waals surface area contributed by atoms with Crippen LogP contribution in [0.2, 0.25) is 5.02 Å². The summed E-state index contributed by atoms with van der Waals surface area (Å²) in [5.74, 6) is -1.52. The van der Waals surface area contributed by atoms with Gasteiger partial charge in [-0.1, -0.05) is 16.8 Å². The molecule has 0 saturated heterocycles. The van der Waals surface area contributed by atoms with Crippen LogP contribution in [-0.4, -0.2) is 38.6 Å². The van der Waals surface area contributed by atoms with Crippen molar-refractivity contribution in [1.82, 2.24) is 20.3 Å². The molecular formula is C25H17ClF2N6O3. The molecule has 0 spiro atoms. The van der Waals surface area contributed by atoms with Crippen molar-refractivity contribution in [2.24, 2.45) is 0 Å². The van der Waals surface area contributed by atoms with Crippen LogP contribution in [-0.2, 0) is 0 Å². The van der Waals surface area contributed by atoms with Crippen LogP contribution < -0.4 is 15.5 Å². The van der Waals surface area contributed by atoms with Crippen LogP contribution in [0.15, 0.2) is 60.9 Å². The van der Waals surface area contributed by atoms with Crippen LogP contribution in [0.1, 0.15) is 39.2 Å². The van der Waals surface area contributed by atoms with Crippen molar-refractivity contribution in [2.45, 2.75) is 12.1 Å². The molecule has 2 atom stereocenters. The van der Waals surface area contributed by atoms with Gasteiger partial charge in [0.2, 0.25) is 0 Å². The first kappa shape index (κ1) is 23.1. The number of fused-ring (bicyclic) bond motifs is 2. The summed E-state index contributed by atoms with van der Waals surface area (Å²) >= 11 is 6.36. The van der Waals surface area contributed by atoms with Crippen molar-refractivity contribution >= 4 is 34.9 Å². The van der Waals surface area contributed by atoms with E-state index in [0.29, 0.717) is 22.5 Å². The molecule has 0 fully saturated rings.